The highest BCUT2D eigenvalue weighted by Gasteiger charge is 2.26. The molecule has 0 unspecified atom stereocenters. The summed E-state index contributed by atoms with van der Waals surface area (Å²) in [5, 5.41) is 9.79. The summed E-state index contributed by atoms with van der Waals surface area (Å²) in [7, 11) is 0. The van der Waals surface area contributed by atoms with Gasteiger partial charge >= 0.3 is 0 Å². The van der Waals surface area contributed by atoms with Gasteiger partial charge in [-0.05, 0) is 30.9 Å². The summed E-state index contributed by atoms with van der Waals surface area (Å²) in [5.41, 5.74) is 2.88. The molecule has 160 valence electrons. The Morgan fingerprint density at radius 3 is 2.70 bits per heavy atom. The Hall–Kier alpha value is -3.16. The van der Waals surface area contributed by atoms with Gasteiger partial charge in [-0.3, -0.25) is 19.1 Å². The van der Waals surface area contributed by atoms with E-state index in [0.29, 0.717) is 31.9 Å². The molecule has 1 aromatic carbocycles. The fraction of sp³-hybridized carbons (Fsp3) is 0.455. The van der Waals surface area contributed by atoms with Crippen molar-refractivity contribution in [1.29, 1.82) is 0 Å². The zero-order valence-corrected chi connectivity index (χ0v) is 17.6. The number of carbonyl (C=O) groups is 3. The summed E-state index contributed by atoms with van der Waals surface area (Å²) in [6, 6.07) is 9.56. The lowest BCUT2D eigenvalue weighted by Gasteiger charge is -2.21. The predicted octanol–water partition coefficient (Wildman–Crippen LogP) is 1.88. The highest BCUT2D eigenvalue weighted by Crippen LogP contribution is 2.18. The van der Waals surface area contributed by atoms with Crippen molar-refractivity contribution in [2.45, 2.75) is 46.2 Å². The number of nitrogens with zero attached hydrogens (tertiary/aromatic N) is 3. The zero-order valence-electron chi connectivity index (χ0n) is 17.6. The van der Waals surface area contributed by atoms with Crippen LogP contribution in [0.25, 0.3) is 0 Å². The minimum atomic E-state index is -0.378. The van der Waals surface area contributed by atoms with Gasteiger partial charge in [0.15, 0.2) is 5.69 Å². The maximum Gasteiger partial charge on any atom is 0.272 e. The molecule has 0 spiro atoms. The monoisotopic (exact) mass is 411 g/mol. The normalized spacial score (nSPS) is 13.5. The second-order valence-electron chi connectivity index (χ2n) is 7.50. The van der Waals surface area contributed by atoms with Gasteiger partial charge in [-0.2, -0.15) is 5.10 Å². The van der Waals surface area contributed by atoms with E-state index < -0.39 is 0 Å². The van der Waals surface area contributed by atoms with E-state index in [9.17, 15) is 14.4 Å². The molecule has 0 saturated heterocycles. The standard InChI is InChI=1S/C22H29N5O3/c1-3-10-23-20(28)9-11-24-21(29)18-14-19-22(30)26(12-6-13-27(19)25-18)15-17-8-5-4-7-16(17)2/h4-5,7-8,14H,3,6,9-13,15H2,1-2H3,(H,23,28)(H,24,29). The van der Waals surface area contributed by atoms with Gasteiger partial charge in [0.2, 0.25) is 5.91 Å². The fourth-order valence-electron chi connectivity index (χ4n) is 3.42. The van der Waals surface area contributed by atoms with Crippen LogP contribution in [0.4, 0.5) is 0 Å². The van der Waals surface area contributed by atoms with Crippen LogP contribution in [0.1, 0.15) is 58.3 Å². The number of rotatable bonds is 8. The molecular weight excluding hydrogens is 382 g/mol. The Balaban J connectivity index is 1.63. The van der Waals surface area contributed by atoms with Crippen LogP contribution >= 0.6 is 0 Å². The molecule has 0 aliphatic carbocycles. The molecule has 0 radical (unpaired) electrons. The van der Waals surface area contributed by atoms with Crippen molar-refractivity contribution in [1.82, 2.24) is 25.3 Å². The highest BCUT2D eigenvalue weighted by molar-refractivity contribution is 5.98. The number of fused-ring (bicyclic) bond motifs is 1. The molecule has 0 saturated carbocycles. The second-order valence-corrected chi connectivity index (χ2v) is 7.50. The van der Waals surface area contributed by atoms with E-state index in [-0.39, 0.29) is 36.4 Å². The van der Waals surface area contributed by atoms with Gasteiger partial charge in [-0.15, -0.1) is 0 Å². The predicted molar refractivity (Wildman–Crippen MR) is 113 cm³/mol. The molecule has 8 nitrogen and oxygen atoms in total. The van der Waals surface area contributed by atoms with Crippen LogP contribution in [0.3, 0.4) is 0 Å². The Morgan fingerprint density at radius 2 is 1.93 bits per heavy atom. The quantitative estimate of drug-likeness (QED) is 0.693. The summed E-state index contributed by atoms with van der Waals surface area (Å²) < 4.78 is 1.61. The van der Waals surface area contributed by atoms with Crippen molar-refractivity contribution in [2.24, 2.45) is 0 Å². The van der Waals surface area contributed by atoms with E-state index in [2.05, 4.69) is 15.7 Å². The maximum absolute atomic E-state index is 13.1. The van der Waals surface area contributed by atoms with Crippen molar-refractivity contribution < 1.29 is 14.4 Å². The van der Waals surface area contributed by atoms with Crippen molar-refractivity contribution in [2.75, 3.05) is 19.6 Å². The highest BCUT2D eigenvalue weighted by atomic mass is 16.2. The molecule has 0 bridgehead atoms. The molecule has 1 aliphatic rings. The Labute approximate surface area is 176 Å². The van der Waals surface area contributed by atoms with Crippen LogP contribution < -0.4 is 10.6 Å². The lowest BCUT2D eigenvalue weighted by molar-refractivity contribution is -0.120. The third-order valence-electron chi connectivity index (χ3n) is 5.15. The minimum Gasteiger partial charge on any atom is -0.356 e. The number of nitrogens with one attached hydrogen (secondary N) is 2. The van der Waals surface area contributed by atoms with E-state index in [0.717, 1.165) is 24.0 Å². The first-order chi connectivity index (χ1) is 14.5. The van der Waals surface area contributed by atoms with Crippen molar-refractivity contribution in [3.05, 3.63) is 52.8 Å². The number of aromatic nitrogens is 2. The van der Waals surface area contributed by atoms with E-state index >= 15 is 0 Å². The molecular formula is C22H29N5O3. The number of amides is 3. The van der Waals surface area contributed by atoms with E-state index in [1.165, 1.54) is 0 Å². The average molecular weight is 412 g/mol. The van der Waals surface area contributed by atoms with E-state index in [4.69, 9.17) is 0 Å². The van der Waals surface area contributed by atoms with Crippen molar-refractivity contribution in [3.8, 4) is 0 Å². The minimum absolute atomic E-state index is 0.0974. The topological polar surface area (TPSA) is 96.3 Å². The van der Waals surface area contributed by atoms with Crippen molar-refractivity contribution >= 4 is 17.7 Å². The molecule has 2 N–H and O–H groups in total. The van der Waals surface area contributed by atoms with Gasteiger partial charge in [-0.1, -0.05) is 31.2 Å². The van der Waals surface area contributed by atoms with Crippen molar-refractivity contribution in [3.63, 3.8) is 0 Å². The number of hydrogen-bond acceptors (Lipinski definition) is 4. The lowest BCUT2D eigenvalue weighted by atomic mass is 10.1. The number of carbonyl (C=O) groups excluding carboxylic acids is 3. The summed E-state index contributed by atoms with van der Waals surface area (Å²) in [5.74, 6) is -0.599. The van der Waals surface area contributed by atoms with Gasteiger partial charge in [0.25, 0.3) is 11.8 Å². The van der Waals surface area contributed by atoms with Gasteiger partial charge in [0.1, 0.15) is 5.69 Å². The molecule has 0 atom stereocenters. The summed E-state index contributed by atoms with van der Waals surface area (Å²) in [6.45, 7) is 6.63. The molecule has 1 aliphatic heterocycles. The van der Waals surface area contributed by atoms with Crippen LogP contribution in [0.5, 0.6) is 0 Å². The SMILES string of the molecule is CCCNC(=O)CCNC(=O)c1cc2n(n1)CCCN(Cc1ccccc1C)C2=O. The first kappa shape index (κ1) is 21.5. The smallest absolute Gasteiger partial charge is 0.272 e. The van der Waals surface area contributed by atoms with Crippen LogP contribution in [-0.4, -0.2) is 52.0 Å². The third-order valence-corrected chi connectivity index (χ3v) is 5.15. The molecule has 0 fully saturated rings. The first-order valence-corrected chi connectivity index (χ1v) is 10.5. The molecule has 2 heterocycles. The lowest BCUT2D eigenvalue weighted by Crippen LogP contribution is -2.31. The molecule has 2 aromatic rings. The first-order valence-electron chi connectivity index (χ1n) is 10.5. The molecule has 3 rings (SSSR count). The second kappa shape index (κ2) is 10.0. The molecule has 8 heteroatoms. The fourth-order valence-corrected chi connectivity index (χ4v) is 3.42. The van der Waals surface area contributed by atoms with Gasteiger partial charge in [0, 0.05) is 45.2 Å². The van der Waals surface area contributed by atoms with E-state index in [1.807, 2.05) is 43.0 Å². The van der Waals surface area contributed by atoms with Gasteiger partial charge < -0.3 is 15.5 Å². The summed E-state index contributed by atoms with van der Waals surface area (Å²) >= 11 is 0. The Bertz CT molecular complexity index is 921. The molecule has 1 aromatic heterocycles. The number of benzene rings is 1. The number of hydrogen-bond donors (Lipinski definition) is 2. The third kappa shape index (κ3) is 5.25. The van der Waals surface area contributed by atoms with E-state index in [1.54, 1.807) is 10.7 Å². The molecule has 3 amide bonds. The largest absolute Gasteiger partial charge is 0.356 e. The Kier molecular flexibility index (Phi) is 7.21. The van der Waals surface area contributed by atoms with Crippen LogP contribution in [-0.2, 0) is 17.9 Å². The van der Waals surface area contributed by atoms with Crippen LogP contribution in [0.2, 0.25) is 0 Å². The van der Waals surface area contributed by atoms with Gasteiger partial charge in [-0.25, -0.2) is 0 Å². The van der Waals surface area contributed by atoms with Crippen LogP contribution in [0.15, 0.2) is 30.3 Å². The molecule has 30 heavy (non-hydrogen) atoms. The summed E-state index contributed by atoms with van der Waals surface area (Å²) in [4.78, 5) is 38.9. The average Bonchev–Trinajstić information content (AvgIpc) is 3.11. The zero-order chi connectivity index (χ0) is 21.5. The maximum atomic E-state index is 13.1. The van der Waals surface area contributed by atoms with Crippen LogP contribution in [0, 0.1) is 6.92 Å². The summed E-state index contributed by atoms with van der Waals surface area (Å²) in [6.07, 6.45) is 1.85. The number of aryl methyl sites for hydroxylation is 2. The Morgan fingerprint density at radius 1 is 1.13 bits per heavy atom. The van der Waals surface area contributed by atoms with Gasteiger partial charge in [0.05, 0.1) is 0 Å².